The second-order valence-corrected chi connectivity index (χ2v) is 8.52. The minimum atomic E-state index is 0.733. The molecule has 3 aromatic heterocycles. The van der Waals surface area contributed by atoms with Gasteiger partial charge in [0.2, 0.25) is 6.41 Å². The normalized spacial score (nSPS) is 18.1. The first-order chi connectivity index (χ1) is 13.3. The molecule has 6 heteroatoms. The molecule has 1 saturated carbocycles. The number of carbonyl (C=O) groups excluding carboxylic acids is 1. The summed E-state index contributed by atoms with van der Waals surface area (Å²) >= 11 is 1.82. The van der Waals surface area contributed by atoms with Crippen molar-refractivity contribution in [1.29, 1.82) is 0 Å². The van der Waals surface area contributed by atoms with E-state index in [4.69, 9.17) is 4.98 Å². The van der Waals surface area contributed by atoms with Gasteiger partial charge in [0.05, 0.1) is 20.8 Å². The first-order valence-electron chi connectivity index (χ1n) is 9.55. The van der Waals surface area contributed by atoms with E-state index >= 15 is 0 Å². The molecule has 4 heterocycles. The zero-order valence-electron chi connectivity index (χ0n) is 15.2. The standard InChI is InChI=1S/C21H22N4OS/c26-14-25-9-7-24(8-10-25)13-15-1-4-18(23-12-15)20-11-19-21(27-20)17(5-6-22-19)16-2-3-16/h1,4-6,11-12,14,16H,2-3,7-10,13H2. The second kappa shape index (κ2) is 7.02. The molecule has 27 heavy (non-hydrogen) atoms. The average Bonchev–Trinajstić information content (AvgIpc) is 3.46. The van der Waals surface area contributed by atoms with Crippen LogP contribution in [0.3, 0.4) is 0 Å². The third-order valence-corrected chi connectivity index (χ3v) is 6.69. The van der Waals surface area contributed by atoms with Gasteiger partial charge in [-0.3, -0.25) is 19.7 Å². The van der Waals surface area contributed by atoms with Crippen LogP contribution in [-0.4, -0.2) is 52.4 Å². The summed E-state index contributed by atoms with van der Waals surface area (Å²) in [6.07, 6.45) is 7.48. The number of amides is 1. The van der Waals surface area contributed by atoms with Gasteiger partial charge in [-0.1, -0.05) is 6.07 Å². The molecule has 5 nitrogen and oxygen atoms in total. The Morgan fingerprint density at radius 3 is 2.67 bits per heavy atom. The van der Waals surface area contributed by atoms with E-state index in [1.807, 2.05) is 28.6 Å². The van der Waals surface area contributed by atoms with E-state index in [-0.39, 0.29) is 0 Å². The lowest BCUT2D eigenvalue weighted by atomic mass is 10.1. The number of pyridine rings is 2. The zero-order chi connectivity index (χ0) is 18.2. The fraction of sp³-hybridized carbons (Fsp3) is 0.381. The molecule has 1 aliphatic carbocycles. The minimum Gasteiger partial charge on any atom is -0.343 e. The Morgan fingerprint density at radius 2 is 1.96 bits per heavy atom. The summed E-state index contributed by atoms with van der Waals surface area (Å²) in [5, 5.41) is 0. The predicted molar refractivity (Wildman–Crippen MR) is 108 cm³/mol. The summed E-state index contributed by atoms with van der Waals surface area (Å²) < 4.78 is 1.33. The van der Waals surface area contributed by atoms with Crippen LogP contribution in [0, 0.1) is 0 Å². The maximum Gasteiger partial charge on any atom is 0.209 e. The third kappa shape index (κ3) is 3.47. The van der Waals surface area contributed by atoms with Crippen molar-refractivity contribution in [3.05, 3.63) is 47.8 Å². The molecule has 0 N–H and O–H groups in total. The summed E-state index contributed by atoms with van der Waals surface area (Å²) in [7, 11) is 0. The highest BCUT2D eigenvalue weighted by Crippen LogP contribution is 2.45. The highest BCUT2D eigenvalue weighted by Gasteiger charge is 2.26. The monoisotopic (exact) mass is 378 g/mol. The molecule has 0 bridgehead atoms. The molecule has 5 rings (SSSR count). The molecule has 2 aliphatic rings. The summed E-state index contributed by atoms with van der Waals surface area (Å²) in [4.78, 5) is 25.5. The number of aromatic nitrogens is 2. The molecule has 0 aromatic carbocycles. The molecule has 2 fully saturated rings. The van der Waals surface area contributed by atoms with Crippen LogP contribution in [0.25, 0.3) is 20.8 Å². The van der Waals surface area contributed by atoms with Crippen LogP contribution in [0.4, 0.5) is 0 Å². The third-order valence-electron chi connectivity index (χ3n) is 5.50. The Labute approximate surface area is 162 Å². The fourth-order valence-electron chi connectivity index (χ4n) is 3.75. The molecule has 1 saturated heterocycles. The number of fused-ring (bicyclic) bond motifs is 1. The van der Waals surface area contributed by atoms with E-state index in [0.29, 0.717) is 0 Å². The summed E-state index contributed by atoms with van der Waals surface area (Å²) in [5.41, 5.74) is 4.80. The van der Waals surface area contributed by atoms with Gasteiger partial charge in [0, 0.05) is 45.1 Å². The van der Waals surface area contributed by atoms with Crippen molar-refractivity contribution >= 4 is 28.0 Å². The molecule has 138 valence electrons. The Balaban J connectivity index is 1.32. The largest absolute Gasteiger partial charge is 0.343 e. The Bertz CT molecular complexity index is 956. The first-order valence-corrected chi connectivity index (χ1v) is 10.4. The van der Waals surface area contributed by atoms with Gasteiger partial charge >= 0.3 is 0 Å². The van der Waals surface area contributed by atoms with Crippen LogP contribution in [0.2, 0.25) is 0 Å². The van der Waals surface area contributed by atoms with Crippen molar-refractivity contribution in [3.8, 4) is 10.6 Å². The Kier molecular flexibility index (Phi) is 4.38. The summed E-state index contributed by atoms with van der Waals surface area (Å²) in [6, 6.07) is 8.65. The van der Waals surface area contributed by atoms with Crippen LogP contribution >= 0.6 is 11.3 Å². The second-order valence-electron chi connectivity index (χ2n) is 7.47. The van der Waals surface area contributed by atoms with Gasteiger partial charge in [-0.25, -0.2) is 0 Å². The van der Waals surface area contributed by atoms with Gasteiger partial charge in [0.1, 0.15) is 0 Å². The lowest BCUT2D eigenvalue weighted by Gasteiger charge is -2.32. The molecule has 0 unspecified atom stereocenters. The smallest absolute Gasteiger partial charge is 0.209 e. The van der Waals surface area contributed by atoms with E-state index < -0.39 is 0 Å². The van der Waals surface area contributed by atoms with Crippen molar-refractivity contribution in [2.45, 2.75) is 25.3 Å². The van der Waals surface area contributed by atoms with Crippen molar-refractivity contribution in [3.63, 3.8) is 0 Å². The van der Waals surface area contributed by atoms with E-state index in [0.717, 1.165) is 56.3 Å². The van der Waals surface area contributed by atoms with Crippen LogP contribution in [0.15, 0.2) is 36.7 Å². The van der Waals surface area contributed by atoms with E-state index in [1.165, 1.54) is 33.5 Å². The quantitative estimate of drug-likeness (QED) is 0.638. The van der Waals surface area contributed by atoms with Crippen molar-refractivity contribution in [1.82, 2.24) is 19.8 Å². The first kappa shape index (κ1) is 16.8. The molecular weight excluding hydrogens is 356 g/mol. The van der Waals surface area contributed by atoms with Crippen molar-refractivity contribution in [2.24, 2.45) is 0 Å². The number of carbonyl (C=O) groups is 1. The van der Waals surface area contributed by atoms with Gasteiger partial charge in [-0.05, 0) is 48.1 Å². The minimum absolute atomic E-state index is 0.733. The van der Waals surface area contributed by atoms with Gasteiger partial charge < -0.3 is 4.90 Å². The Morgan fingerprint density at radius 1 is 1.11 bits per heavy atom. The molecular formula is C21H22N4OS. The zero-order valence-corrected chi connectivity index (χ0v) is 16.0. The molecule has 1 aliphatic heterocycles. The van der Waals surface area contributed by atoms with Crippen molar-refractivity contribution in [2.75, 3.05) is 26.2 Å². The molecule has 3 aromatic rings. The molecule has 1 amide bonds. The fourth-order valence-corrected chi connectivity index (χ4v) is 4.93. The number of thiophene rings is 1. The molecule has 0 atom stereocenters. The predicted octanol–water partition coefficient (Wildman–Crippen LogP) is 3.51. The van der Waals surface area contributed by atoms with Crippen LogP contribution in [-0.2, 0) is 11.3 Å². The van der Waals surface area contributed by atoms with E-state index in [1.54, 1.807) is 0 Å². The topological polar surface area (TPSA) is 49.3 Å². The SMILES string of the molecule is O=CN1CCN(Cc2ccc(-c3cc4nccc(C5CC5)c4s3)nc2)CC1. The maximum atomic E-state index is 10.8. The van der Waals surface area contributed by atoms with Crippen molar-refractivity contribution < 1.29 is 4.79 Å². The molecule has 0 spiro atoms. The van der Waals surface area contributed by atoms with Gasteiger partial charge in [-0.2, -0.15) is 0 Å². The number of piperazine rings is 1. The van der Waals surface area contributed by atoms with Crippen LogP contribution < -0.4 is 0 Å². The van der Waals surface area contributed by atoms with Gasteiger partial charge in [0.15, 0.2) is 0 Å². The number of hydrogen-bond donors (Lipinski definition) is 0. The summed E-state index contributed by atoms with van der Waals surface area (Å²) in [6.45, 7) is 4.36. The van der Waals surface area contributed by atoms with Gasteiger partial charge in [0.25, 0.3) is 0 Å². The maximum absolute atomic E-state index is 10.8. The molecule has 0 radical (unpaired) electrons. The number of rotatable bonds is 5. The Hall–Kier alpha value is -2.31. The average molecular weight is 379 g/mol. The highest BCUT2D eigenvalue weighted by atomic mass is 32.1. The lowest BCUT2D eigenvalue weighted by molar-refractivity contribution is -0.119. The van der Waals surface area contributed by atoms with Crippen LogP contribution in [0.1, 0.15) is 29.9 Å². The summed E-state index contributed by atoms with van der Waals surface area (Å²) in [5.74, 6) is 0.733. The number of hydrogen-bond acceptors (Lipinski definition) is 5. The van der Waals surface area contributed by atoms with E-state index in [9.17, 15) is 4.79 Å². The van der Waals surface area contributed by atoms with Gasteiger partial charge in [-0.15, -0.1) is 11.3 Å². The number of nitrogens with zero attached hydrogens (tertiary/aromatic N) is 4. The highest BCUT2D eigenvalue weighted by molar-refractivity contribution is 7.22. The lowest BCUT2D eigenvalue weighted by Crippen LogP contribution is -2.45. The van der Waals surface area contributed by atoms with Crippen LogP contribution in [0.5, 0.6) is 0 Å². The van der Waals surface area contributed by atoms with E-state index in [2.05, 4.69) is 34.1 Å².